The number of anilines is 1. The average Bonchev–Trinajstić information content (AvgIpc) is 3.01. The molecule has 1 N–H and O–H groups in total. The standard InChI is InChI=1S/C24H19ClFN3O2S/c1-13-11-16(15(3)28(13)20-10-6-7-18(25)14(20)2)12-17-22(30)27-24(32)29(23(17)31)21-9-5-4-8-19(21)26/h4-12H,1-3H3,(H,27,30,32)/b17-12+. The Kier molecular flexibility index (Phi) is 5.71. The van der Waals surface area contributed by atoms with Crippen LogP contribution in [-0.2, 0) is 9.59 Å². The minimum absolute atomic E-state index is 0.0200. The Morgan fingerprint density at radius 3 is 2.44 bits per heavy atom. The largest absolute Gasteiger partial charge is 0.318 e. The first-order chi connectivity index (χ1) is 15.2. The second-order valence-corrected chi connectivity index (χ2v) is 8.25. The highest BCUT2D eigenvalue weighted by Crippen LogP contribution is 2.29. The van der Waals surface area contributed by atoms with Gasteiger partial charge in [0.25, 0.3) is 11.8 Å². The average molecular weight is 468 g/mol. The molecule has 1 fully saturated rings. The van der Waals surface area contributed by atoms with Crippen molar-refractivity contribution in [2.24, 2.45) is 0 Å². The highest BCUT2D eigenvalue weighted by Gasteiger charge is 2.35. The number of aromatic nitrogens is 1. The predicted molar refractivity (Wildman–Crippen MR) is 128 cm³/mol. The van der Waals surface area contributed by atoms with Crippen LogP contribution in [0.4, 0.5) is 10.1 Å². The number of halogens is 2. The first kappa shape index (κ1) is 21.9. The van der Waals surface area contributed by atoms with Gasteiger partial charge >= 0.3 is 0 Å². The summed E-state index contributed by atoms with van der Waals surface area (Å²) in [6.45, 7) is 5.75. The van der Waals surface area contributed by atoms with Crippen molar-refractivity contribution in [2.75, 3.05) is 4.90 Å². The fourth-order valence-corrected chi connectivity index (χ4v) is 4.25. The van der Waals surface area contributed by atoms with Crippen LogP contribution >= 0.6 is 23.8 Å². The molecule has 1 aromatic heterocycles. The zero-order chi connectivity index (χ0) is 23.2. The number of aryl methyl sites for hydroxylation is 1. The van der Waals surface area contributed by atoms with Gasteiger partial charge in [-0.25, -0.2) is 9.29 Å². The molecule has 0 spiro atoms. The number of carbonyl (C=O) groups excluding carboxylic acids is 2. The summed E-state index contributed by atoms with van der Waals surface area (Å²) in [7, 11) is 0. The highest BCUT2D eigenvalue weighted by atomic mass is 35.5. The third kappa shape index (κ3) is 3.63. The molecule has 162 valence electrons. The molecule has 0 radical (unpaired) electrons. The van der Waals surface area contributed by atoms with Crippen LogP contribution in [0.25, 0.3) is 11.8 Å². The van der Waals surface area contributed by atoms with Gasteiger partial charge in [-0.05, 0) is 80.5 Å². The number of rotatable bonds is 3. The molecule has 1 aliphatic rings. The fraction of sp³-hybridized carbons (Fsp3) is 0.125. The summed E-state index contributed by atoms with van der Waals surface area (Å²) in [4.78, 5) is 26.8. The van der Waals surface area contributed by atoms with Crippen molar-refractivity contribution in [1.82, 2.24) is 9.88 Å². The van der Waals surface area contributed by atoms with E-state index in [-0.39, 0.29) is 16.4 Å². The smallest absolute Gasteiger partial charge is 0.270 e. The quantitative estimate of drug-likeness (QED) is 0.334. The number of nitrogens with zero attached hydrogens (tertiary/aromatic N) is 2. The Hall–Kier alpha value is -3.29. The van der Waals surface area contributed by atoms with E-state index in [4.69, 9.17) is 23.8 Å². The molecule has 2 heterocycles. The molecule has 0 bridgehead atoms. The molecule has 2 aromatic carbocycles. The zero-order valence-corrected chi connectivity index (χ0v) is 19.1. The van der Waals surface area contributed by atoms with Gasteiger partial charge in [-0.1, -0.05) is 29.8 Å². The van der Waals surface area contributed by atoms with Gasteiger partial charge in [0.15, 0.2) is 5.11 Å². The van der Waals surface area contributed by atoms with Crippen LogP contribution < -0.4 is 10.2 Å². The van der Waals surface area contributed by atoms with Crippen LogP contribution in [-0.4, -0.2) is 21.5 Å². The monoisotopic (exact) mass is 467 g/mol. The maximum absolute atomic E-state index is 14.4. The minimum atomic E-state index is -0.687. The lowest BCUT2D eigenvalue weighted by Gasteiger charge is -2.29. The lowest BCUT2D eigenvalue weighted by molar-refractivity contribution is -0.122. The summed E-state index contributed by atoms with van der Waals surface area (Å²) in [5.74, 6) is -1.93. The van der Waals surface area contributed by atoms with Gasteiger partial charge in [-0.15, -0.1) is 0 Å². The Balaban J connectivity index is 1.81. The molecule has 0 saturated carbocycles. The summed E-state index contributed by atoms with van der Waals surface area (Å²) in [6, 6.07) is 13.3. The van der Waals surface area contributed by atoms with E-state index < -0.39 is 17.6 Å². The van der Waals surface area contributed by atoms with Crippen LogP contribution in [0.3, 0.4) is 0 Å². The molecule has 2 amide bonds. The number of benzene rings is 2. The van der Waals surface area contributed by atoms with Crippen molar-refractivity contribution >= 4 is 52.5 Å². The van der Waals surface area contributed by atoms with Crippen LogP contribution in [0.15, 0.2) is 54.1 Å². The second kappa shape index (κ2) is 8.33. The molecular formula is C24H19ClFN3O2S. The van der Waals surface area contributed by atoms with Crippen LogP contribution in [0.2, 0.25) is 5.02 Å². The molecule has 4 rings (SSSR count). The second-order valence-electron chi connectivity index (χ2n) is 7.46. The van der Waals surface area contributed by atoms with E-state index in [0.717, 1.165) is 27.5 Å². The van der Waals surface area contributed by atoms with Gasteiger partial charge in [-0.3, -0.25) is 14.9 Å². The first-order valence-corrected chi connectivity index (χ1v) is 10.6. The Morgan fingerprint density at radius 2 is 1.72 bits per heavy atom. The number of hydrogen-bond donors (Lipinski definition) is 1. The lowest BCUT2D eigenvalue weighted by Crippen LogP contribution is -2.54. The first-order valence-electron chi connectivity index (χ1n) is 9.81. The molecule has 3 aromatic rings. The SMILES string of the molecule is Cc1c(Cl)cccc1-n1c(C)cc(/C=C2\C(=O)NC(=S)N(c3ccccc3F)C2=O)c1C. The lowest BCUT2D eigenvalue weighted by atomic mass is 10.1. The van der Waals surface area contributed by atoms with Crippen molar-refractivity contribution in [3.63, 3.8) is 0 Å². The highest BCUT2D eigenvalue weighted by molar-refractivity contribution is 7.80. The molecule has 1 saturated heterocycles. The van der Waals surface area contributed by atoms with Gasteiger partial charge in [-0.2, -0.15) is 0 Å². The molecule has 5 nitrogen and oxygen atoms in total. The molecule has 0 unspecified atom stereocenters. The van der Waals surface area contributed by atoms with Crippen molar-refractivity contribution in [1.29, 1.82) is 0 Å². The van der Waals surface area contributed by atoms with Crippen molar-refractivity contribution in [3.05, 3.63) is 87.5 Å². The molecule has 1 aliphatic heterocycles. The van der Waals surface area contributed by atoms with E-state index in [1.807, 2.05) is 49.6 Å². The van der Waals surface area contributed by atoms with E-state index in [2.05, 4.69) is 5.32 Å². The minimum Gasteiger partial charge on any atom is -0.318 e. The summed E-state index contributed by atoms with van der Waals surface area (Å²) in [5.41, 5.74) is 4.08. The molecule has 32 heavy (non-hydrogen) atoms. The number of amides is 2. The number of carbonyl (C=O) groups is 2. The van der Waals surface area contributed by atoms with Gasteiger partial charge in [0.1, 0.15) is 11.4 Å². The maximum atomic E-state index is 14.4. The summed E-state index contributed by atoms with van der Waals surface area (Å²) >= 11 is 11.4. The van der Waals surface area contributed by atoms with E-state index in [9.17, 15) is 14.0 Å². The molecule has 0 atom stereocenters. The maximum Gasteiger partial charge on any atom is 0.270 e. The third-order valence-electron chi connectivity index (χ3n) is 5.45. The van der Waals surface area contributed by atoms with Crippen LogP contribution in [0.1, 0.15) is 22.5 Å². The summed E-state index contributed by atoms with van der Waals surface area (Å²) in [5, 5.41) is 2.96. The Morgan fingerprint density at radius 1 is 1.03 bits per heavy atom. The van der Waals surface area contributed by atoms with Crippen LogP contribution in [0.5, 0.6) is 0 Å². The van der Waals surface area contributed by atoms with E-state index >= 15 is 0 Å². The molecule has 0 aliphatic carbocycles. The fourth-order valence-electron chi connectivity index (χ4n) is 3.81. The molecular weight excluding hydrogens is 449 g/mol. The van der Waals surface area contributed by atoms with Crippen LogP contribution in [0, 0.1) is 26.6 Å². The topological polar surface area (TPSA) is 54.3 Å². The van der Waals surface area contributed by atoms with Gasteiger partial charge in [0.2, 0.25) is 0 Å². The van der Waals surface area contributed by atoms with E-state index in [0.29, 0.717) is 10.6 Å². The number of hydrogen-bond acceptors (Lipinski definition) is 3. The van der Waals surface area contributed by atoms with Gasteiger partial charge in [0.05, 0.1) is 5.69 Å². The third-order valence-corrected chi connectivity index (χ3v) is 6.14. The van der Waals surface area contributed by atoms with E-state index in [1.54, 1.807) is 6.07 Å². The number of para-hydroxylation sites is 1. The molecule has 8 heteroatoms. The van der Waals surface area contributed by atoms with Gasteiger partial charge in [0, 0.05) is 22.1 Å². The van der Waals surface area contributed by atoms with Crippen molar-refractivity contribution in [3.8, 4) is 5.69 Å². The van der Waals surface area contributed by atoms with Crippen molar-refractivity contribution < 1.29 is 14.0 Å². The Labute approximate surface area is 195 Å². The number of thiocarbonyl (C=S) groups is 1. The summed E-state index contributed by atoms with van der Waals surface area (Å²) in [6.07, 6.45) is 1.51. The number of nitrogens with one attached hydrogen (secondary N) is 1. The Bertz CT molecular complexity index is 1330. The predicted octanol–water partition coefficient (Wildman–Crippen LogP) is 5.03. The normalized spacial score (nSPS) is 15.5. The summed E-state index contributed by atoms with van der Waals surface area (Å²) < 4.78 is 16.4. The van der Waals surface area contributed by atoms with Crippen molar-refractivity contribution in [2.45, 2.75) is 20.8 Å². The van der Waals surface area contributed by atoms with E-state index in [1.165, 1.54) is 24.3 Å². The zero-order valence-electron chi connectivity index (χ0n) is 17.6. The van der Waals surface area contributed by atoms with Gasteiger partial charge < -0.3 is 4.57 Å².